The number of nitrogens with one attached hydrogen (secondary N) is 2. The van der Waals surface area contributed by atoms with Gasteiger partial charge >= 0.3 is 0 Å². The molecule has 3 aromatic rings. The van der Waals surface area contributed by atoms with Crippen LogP contribution in [0.3, 0.4) is 0 Å². The van der Waals surface area contributed by atoms with Crippen LogP contribution in [0.2, 0.25) is 0 Å². The summed E-state index contributed by atoms with van der Waals surface area (Å²) in [5.41, 5.74) is 1.69. The number of anilines is 2. The second-order valence-corrected chi connectivity index (χ2v) is 5.39. The number of fused-ring (bicyclic) bond motifs is 1. The van der Waals surface area contributed by atoms with Crippen LogP contribution in [-0.2, 0) is 4.79 Å². The predicted molar refractivity (Wildman–Crippen MR) is 89.6 cm³/mol. The molecule has 0 aliphatic carbocycles. The third kappa shape index (κ3) is 2.99. The van der Waals surface area contributed by atoms with Crippen LogP contribution in [0.5, 0.6) is 0 Å². The summed E-state index contributed by atoms with van der Waals surface area (Å²) in [5, 5.41) is 5.88. The van der Waals surface area contributed by atoms with Crippen LogP contribution in [0.15, 0.2) is 46.9 Å². The first-order valence-electron chi connectivity index (χ1n) is 7.32. The topological polar surface area (TPSA) is 71.3 Å². The van der Waals surface area contributed by atoms with Crippen molar-refractivity contribution in [1.29, 1.82) is 0 Å². The van der Waals surface area contributed by atoms with Crippen molar-refractivity contribution in [3.63, 3.8) is 0 Å². The quantitative estimate of drug-likeness (QED) is 0.761. The number of para-hydroxylation sites is 1. The van der Waals surface area contributed by atoms with Gasteiger partial charge in [0.2, 0.25) is 5.91 Å². The highest BCUT2D eigenvalue weighted by Crippen LogP contribution is 2.28. The van der Waals surface area contributed by atoms with E-state index in [-0.39, 0.29) is 17.3 Å². The van der Waals surface area contributed by atoms with Crippen LogP contribution in [-0.4, -0.2) is 11.8 Å². The second-order valence-electron chi connectivity index (χ2n) is 5.39. The molecule has 0 spiro atoms. The third-order valence-corrected chi connectivity index (χ3v) is 3.56. The molecule has 24 heavy (non-hydrogen) atoms. The molecular weight excluding hydrogens is 311 g/mol. The number of halogens is 1. The van der Waals surface area contributed by atoms with E-state index in [1.165, 1.54) is 13.0 Å². The van der Waals surface area contributed by atoms with E-state index in [4.69, 9.17) is 4.42 Å². The lowest BCUT2D eigenvalue weighted by Crippen LogP contribution is -2.12. The molecule has 2 aromatic carbocycles. The zero-order valence-corrected chi connectivity index (χ0v) is 13.1. The maximum Gasteiger partial charge on any atom is 0.291 e. The minimum absolute atomic E-state index is 0.0556. The molecule has 0 fully saturated rings. The molecule has 0 radical (unpaired) electrons. The van der Waals surface area contributed by atoms with E-state index in [0.717, 1.165) is 0 Å². The zero-order valence-electron chi connectivity index (χ0n) is 13.1. The first-order valence-corrected chi connectivity index (χ1v) is 7.32. The van der Waals surface area contributed by atoms with Gasteiger partial charge in [0.25, 0.3) is 5.91 Å². The van der Waals surface area contributed by atoms with Gasteiger partial charge in [0, 0.05) is 29.2 Å². The average molecular weight is 326 g/mol. The third-order valence-electron chi connectivity index (χ3n) is 3.56. The van der Waals surface area contributed by atoms with Crippen LogP contribution in [0.1, 0.15) is 23.0 Å². The minimum atomic E-state index is -0.512. The molecule has 0 saturated carbocycles. The molecule has 0 bridgehead atoms. The first-order chi connectivity index (χ1) is 11.5. The summed E-state index contributed by atoms with van der Waals surface area (Å²) < 4.78 is 19.2. The maximum atomic E-state index is 13.8. The number of furan rings is 1. The van der Waals surface area contributed by atoms with Gasteiger partial charge in [-0.1, -0.05) is 18.2 Å². The van der Waals surface area contributed by atoms with Crippen LogP contribution < -0.4 is 10.6 Å². The number of carbonyl (C=O) groups excluding carboxylic acids is 2. The zero-order chi connectivity index (χ0) is 17.3. The summed E-state index contributed by atoms with van der Waals surface area (Å²) in [6.07, 6.45) is 0. The minimum Gasteiger partial charge on any atom is -0.448 e. The SMILES string of the molecule is CC(=O)Nc1cccc(NC(=O)c2oc3c(F)cccc3c2C)c1. The molecule has 0 aliphatic rings. The molecule has 5 nitrogen and oxygen atoms in total. The fourth-order valence-electron chi connectivity index (χ4n) is 2.49. The highest BCUT2D eigenvalue weighted by Gasteiger charge is 2.19. The lowest BCUT2D eigenvalue weighted by atomic mass is 10.1. The summed E-state index contributed by atoms with van der Waals surface area (Å²) in [4.78, 5) is 23.5. The van der Waals surface area contributed by atoms with E-state index in [1.54, 1.807) is 43.3 Å². The lowest BCUT2D eigenvalue weighted by Gasteiger charge is -2.07. The lowest BCUT2D eigenvalue weighted by molar-refractivity contribution is -0.114. The normalized spacial score (nSPS) is 10.6. The Hall–Kier alpha value is -3.15. The van der Waals surface area contributed by atoms with Crippen molar-refractivity contribution < 1.29 is 18.4 Å². The van der Waals surface area contributed by atoms with Gasteiger partial charge in [0.15, 0.2) is 17.2 Å². The van der Waals surface area contributed by atoms with Gasteiger partial charge in [-0.05, 0) is 31.2 Å². The fourth-order valence-corrected chi connectivity index (χ4v) is 2.49. The molecule has 0 saturated heterocycles. The van der Waals surface area contributed by atoms with Crippen molar-refractivity contribution in [2.75, 3.05) is 10.6 Å². The van der Waals surface area contributed by atoms with Crippen LogP contribution in [0.4, 0.5) is 15.8 Å². The molecule has 3 rings (SSSR count). The molecular formula is C18H15FN2O3. The molecule has 0 aliphatic heterocycles. The molecule has 0 unspecified atom stereocenters. The first kappa shape index (κ1) is 15.7. The second kappa shape index (κ2) is 6.16. The van der Waals surface area contributed by atoms with Gasteiger partial charge in [0.1, 0.15) is 0 Å². The Balaban J connectivity index is 1.89. The summed E-state index contributed by atoms with van der Waals surface area (Å²) in [7, 11) is 0. The van der Waals surface area contributed by atoms with Crippen LogP contribution in [0.25, 0.3) is 11.0 Å². The molecule has 6 heteroatoms. The fraction of sp³-hybridized carbons (Fsp3) is 0.111. The molecule has 1 heterocycles. The molecule has 1 aromatic heterocycles. The molecule has 2 amide bonds. The van der Waals surface area contributed by atoms with Crippen molar-refractivity contribution in [3.05, 3.63) is 59.6 Å². The maximum absolute atomic E-state index is 13.8. The molecule has 0 atom stereocenters. The largest absolute Gasteiger partial charge is 0.448 e. The number of benzene rings is 2. The highest BCUT2D eigenvalue weighted by atomic mass is 19.1. The van der Waals surface area contributed by atoms with Gasteiger partial charge in [0.05, 0.1) is 0 Å². The van der Waals surface area contributed by atoms with Crippen molar-refractivity contribution in [3.8, 4) is 0 Å². The van der Waals surface area contributed by atoms with Gasteiger partial charge in [-0.25, -0.2) is 4.39 Å². The number of carbonyl (C=O) groups is 2. The molecule has 122 valence electrons. The Morgan fingerprint density at radius 3 is 2.38 bits per heavy atom. The number of hydrogen-bond donors (Lipinski definition) is 2. The van der Waals surface area contributed by atoms with Gasteiger partial charge in [-0.3, -0.25) is 9.59 Å². The standard InChI is InChI=1S/C18H15FN2O3/c1-10-14-7-4-8-15(19)17(14)24-16(10)18(23)21-13-6-3-5-12(9-13)20-11(2)22/h3-9H,1-2H3,(H,20,22)(H,21,23). The Morgan fingerprint density at radius 2 is 1.71 bits per heavy atom. The predicted octanol–water partition coefficient (Wildman–Crippen LogP) is 4.09. The number of aryl methyl sites for hydroxylation is 1. The monoisotopic (exact) mass is 326 g/mol. The summed E-state index contributed by atoms with van der Waals surface area (Å²) in [6.45, 7) is 3.10. The smallest absolute Gasteiger partial charge is 0.291 e. The van der Waals surface area contributed by atoms with Gasteiger partial charge < -0.3 is 15.1 Å². The number of amides is 2. The Labute approximate surface area is 137 Å². The van der Waals surface area contributed by atoms with Crippen molar-refractivity contribution >= 4 is 34.2 Å². The van der Waals surface area contributed by atoms with E-state index in [2.05, 4.69) is 10.6 Å². The molecule has 2 N–H and O–H groups in total. The van der Waals surface area contributed by atoms with E-state index < -0.39 is 11.7 Å². The van der Waals surface area contributed by atoms with E-state index in [1.807, 2.05) is 0 Å². The van der Waals surface area contributed by atoms with Crippen molar-refractivity contribution in [2.45, 2.75) is 13.8 Å². The Bertz CT molecular complexity index is 947. The van der Waals surface area contributed by atoms with Gasteiger partial charge in [-0.2, -0.15) is 0 Å². The summed E-state index contributed by atoms with van der Waals surface area (Å²) in [5.74, 6) is -1.15. The Kier molecular flexibility index (Phi) is 4.04. The Morgan fingerprint density at radius 1 is 1.04 bits per heavy atom. The summed E-state index contributed by atoms with van der Waals surface area (Å²) >= 11 is 0. The van der Waals surface area contributed by atoms with E-state index >= 15 is 0 Å². The van der Waals surface area contributed by atoms with Crippen molar-refractivity contribution in [1.82, 2.24) is 0 Å². The number of hydrogen-bond acceptors (Lipinski definition) is 3. The van der Waals surface area contributed by atoms with Crippen LogP contribution in [0, 0.1) is 12.7 Å². The van der Waals surface area contributed by atoms with Crippen LogP contribution >= 0.6 is 0 Å². The average Bonchev–Trinajstić information content (AvgIpc) is 2.86. The van der Waals surface area contributed by atoms with Crippen molar-refractivity contribution in [2.24, 2.45) is 0 Å². The van der Waals surface area contributed by atoms with E-state index in [9.17, 15) is 14.0 Å². The summed E-state index contributed by atoms with van der Waals surface area (Å²) in [6, 6.07) is 11.3. The van der Waals surface area contributed by atoms with Gasteiger partial charge in [-0.15, -0.1) is 0 Å². The number of rotatable bonds is 3. The van der Waals surface area contributed by atoms with E-state index in [0.29, 0.717) is 22.3 Å². The highest BCUT2D eigenvalue weighted by molar-refractivity contribution is 6.06.